The molecule has 1 aliphatic rings. The molecule has 0 unspecified atom stereocenters. The molecule has 0 bridgehead atoms. The molecule has 0 aromatic heterocycles. The SMILES string of the molecule is COCCOC(=O)C1=C(C)NC(C)=C(C(=O)OCCOC)C1/C=C\c1ccccc1OC. The van der Waals surface area contributed by atoms with E-state index in [9.17, 15) is 9.59 Å². The van der Waals surface area contributed by atoms with Crippen molar-refractivity contribution < 1.29 is 33.3 Å². The van der Waals surface area contributed by atoms with E-state index in [0.29, 0.717) is 28.3 Å². The van der Waals surface area contributed by atoms with Gasteiger partial charge in [-0.15, -0.1) is 0 Å². The van der Waals surface area contributed by atoms with Gasteiger partial charge in [-0.25, -0.2) is 9.59 Å². The van der Waals surface area contributed by atoms with Crippen LogP contribution in [0.5, 0.6) is 5.75 Å². The second kappa shape index (κ2) is 12.7. The van der Waals surface area contributed by atoms with Crippen molar-refractivity contribution in [3.63, 3.8) is 0 Å². The number of hydrogen-bond acceptors (Lipinski definition) is 8. The maximum Gasteiger partial charge on any atom is 0.336 e. The smallest absolute Gasteiger partial charge is 0.336 e. The highest BCUT2D eigenvalue weighted by molar-refractivity contribution is 5.98. The van der Waals surface area contributed by atoms with E-state index in [2.05, 4.69) is 5.32 Å². The van der Waals surface area contributed by atoms with E-state index in [0.717, 1.165) is 5.56 Å². The van der Waals surface area contributed by atoms with Crippen molar-refractivity contribution in [2.75, 3.05) is 47.8 Å². The summed E-state index contributed by atoms with van der Waals surface area (Å²) >= 11 is 0. The van der Waals surface area contributed by atoms with Gasteiger partial charge in [0.2, 0.25) is 0 Å². The molecule has 174 valence electrons. The van der Waals surface area contributed by atoms with E-state index in [-0.39, 0.29) is 26.4 Å². The van der Waals surface area contributed by atoms with Crippen LogP contribution in [0, 0.1) is 5.92 Å². The van der Waals surface area contributed by atoms with Gasteiger partial charge < -0.3 is 29.0 Å². The highest BCUT2D eigenvalue weighted by Crippen LogP contribution is 2.33. The number of methoxy groups -OCH3 is 3. The van der Waals surface area contributed by atoms with Gasteiger partial charge in [0.15, 0.2) is 0 Å². The number of para-hydroxylation sites is 1. The van der Waals surface area contributed by atoms with E-state index < -0.39 is 17.9 Å². The monoisotopic (exact) mass is 445 g/mol. The van der Waals surface area contributed by atoms with Crippen molar-refractivity contribution in [3.8, 4) is 5.75 Å². The Labute approximate surface area is 188 Å². The van der Waals surface area contributed by atoms with Crippen molar-refractivity contribution in [2.45, 2.75) is 13.8 Å². The predicted molar refractivity (Wildman–Crippen MR) is 120 cm³/mol. The Kier molecular flexibility index (Phi) is 9.97. The van der Waals surface area contributed by atoms with Gasteiger partial charge in [-0.3, -0.25) is 0 Å². The van der Waals surface area contributed by atoms with Crippen molar-refractivity contribution >= 4 is 18.0 Å². The van der Waals surface area contributed by atoms with Crippen LogP contribution in [-0.4, -0.2) is 59.7 Å². The first-order chi connectivity index (χ1) is 15.4. The largest absolute Gasteiger partial charge is 0.496 e. The minimum absolute atomic E-state index is 0.103. The molecular formula is C24H31NO7. The second-order valence-electron chi connectivity index (χ2n) is 7.04. The summed E-state index contributed by atoms with van der Waals surface area (Å²) in [5.74, 6) is -1.06. The summed E-state index contributed by atoms with van der Waals surface area (Å²) in [5.41, 5.74) is 2.68. The van der Waals surface area contributed by atoms with Gasteiger partial charge in [0.25, 0.3) is 0 Å². The number of ether oxygens (including phenoxy) is 5. The highest BCUT2D eigenvalue weighted by atomic mass is 16.6. The molecule has 1 aliphatic heterocycles. The van der Waals surface area contributed by atoms with Crippen LogP contribution in [0.25, 0.3) is 6.08 Å². The molecule has 0 fully saturated rings. The van der Waals surface area contributed by atoms with Crippen LogP contribution in [0.2, 0.25) is 0 Å². The Balaban J connectivity index is 2.44. The number of carbonyl (C=O) groups is 2. The van der Waals surface area contributed by atoms with Crippen molar-refractivity contribution in [2.24, 2.45) is 5.92 Å². The predicted octanol–water partition coefficient (Wildman–Crippen LogP) is 2.86. The lowest BCUT2D eigenvalue weighted by molar-refractivity contribution is -0.141. The van der Waals surface area contributed by atoms with Crippen LogP contribution in [0.1, 0.15) is 19.4 Å². The number of benzene rings is 1. The van der Waals surface area contributed by atoms with Gasteiger partial charge in [-0.05, 0) is 19.9 Å². The summed E-state index contributed by atoms with van der Waals surface area (Å²) < 4.78 is 26.1. The Bertz CT molecular complexity index is 857. The minimum atomic E-state index is -0.675. The molecular weight excluding hydrogens is 414 g/mol. The van der Waals surface area contributed by atoms with E-state index in [1.165, 1.54) is 14.2 Å². The molecule has 1 N–H and O–H groups in total. The number of esters is 2. The summed E-state index contributed by atoms with van der Waals surface area (Å²) in [6, 6.07) is 7.47. The number of allylic oxidation sites excluding steroid dienone is 3. The Hall–Kier alpha value is -3.10. The molecule has 32 heavy (non-hydrogen) atoms. The fourth-order valence-corrected chi connectivity index (χ4v) is 3.37. The molecule has 0 spiro atoms. The van der Waals surface area contributed by atoms with Crippen LogP contribution in [0.3, 0.4) is 0 Å². The first kappa shape index (κ1) is 25.2. The van der Waals surface area contributed by atoms with Gasteiger partial charge in [-0.1, -0.05) is 30.4 Å². The zero-order valence-electron chi connectivity index (χ0n) is 19.2. The van der Waals surface area contributed by atoms with E-state index in [1.54, 1.807) is 27.0 Å². The Morgan fingerprint density at radius 2 is 1.41 bits per heavy atom. The molecule has 0 saturated carbocycles. The number of dihydropyridines is 1. The third kappa shape index (κ3) is 6.45. The lowest BCUT2D eigenvalue weighted by Gasteiger charge is -2.28. The van der Waals surface area contributed by atoms with Crippen molar-refractivity contribution in [1.29, 1.82) is 0 Å². The zero-order valence-corrected chi connectivity index (χ0v) is 19.2. The molecule has 2 rings (SSSR count). The number of carbonyl (C=O) groups excluding carboxylic acids is 2. The van der Waals surface area contributed by atoms with Gasteiger partial charge in [0.1, 0.15) is 19.0 Å². The molecule has 8 nitrogen and oxygen atoms in total. The maximum absolute atomic E-state index is 12.9. The molecule has 0 atom stereocenters. The van der Waals surface area contributed by atoms with Gasteiger partial charge >= 0.3 is 11.9 Å². The summed E-state index contributed by atoms with van der Waals surface area (Å²) in [6.07, 6.45) is 3.60. The van der Waals surface area contributed by atoms with E-state index >= 15 is 0 Å². The lowest BCUT2D eigenvalue weighted by Crippen LogP contribution is -2.33. The Morgan fingerprint density at radius 3 is 1.91 bits per heavy atom. The summed E-state index contributed by atoms with van der Waals surface area (Å²) in [7, 11) is 4.64. The molecule has 0 aliphatic carbocycles. The van der Waals surface area contributed by atoms with Crippen LogP contribution in [0.4, 0.5) is 0 Å². The van der Waals surface area contributed by atoms with Crippen LogP contribution in [-0.2, 0) is 28.5 Å². The molecule has 0 radical (unpaired) electrons. The van der Waals surface area contributed by atoms with Crippen LogP contribution >= 0.6 is 0 Å². The fraction of sp³-hybridized carbons (Fsp3) is 0.417. The quantitative estimate of drug-likeness (QED) is 0.411. The molecule has 0 saturated heterocycles. The lowest BCUT2D eigenvalue weighted by atomic mass is 9.84. The topological polar surface area (TPSA) is 92.3 Å². The van der Waals surface area contributed by atoms with E-state index in [1.807, 2.05) is 30.3 Å². The molecule has 1 heterocycles. The standard InChI is InChI=1S/C24H31NO7/c1-16-21(23(26)31-14-12-28-3)19(11-10-18-8-6-7-9-20(18)30-5)22(17(2)25-16)24(27)32-15-13-29-4/h6-11,19,25H,12-15H2,1-5H3/b11-10-. The third-order valence-electron chi connectivity index (χ3n) is 4.89. The first-order valence-corrected chi connectivity index (χ1v) is 10.3. The zero-order chi connectivity index (χ0) is 23.5. The second-order valence-corrected chi connectivity index (χ2v) is 7.04. The average molecular weight is 446 g/mol. The van der Waals surface area contributed by atoms with Gasteiger partial charge in [-0.2, -0.15) is 0 Å². The number of rotatable bonds is 11. The van der Waals surface area contributed by atoms with Crippen molar-refractivity contribution in [1.82, 2.24) is 5.32 Å². The summed E-state index contributed by atoms with van der Waals surface area (Å²) in [6.45, 7) is 4.29. The Morgan fingerprint density at radius 1 is 0.875 bits per heavy atom. The molecule has 0 amide bonds. The number of hydrogen-bond donors (Lipinski definition) is 1. The normalized spacial score (nSPS) is 14.5. The van der Waals surface area contributed by atoms with E-state index in [4.69, 9.17) is 23.7 Å². The minimum Gasteiger partial charge on any atom is -0.496 e. The molecule has 8 heteroatoms. The van der Waals surface area contributed by atoms with Gasteiger partial charge in [0.05, 0.1) is 31.5 Å². The first-order valence-electron chi connectivity index (χ1n) is 10.3. The van der Waals surface area contributed by atoms with Gasteiger partial charge in [0, 0.05) is 37.1 Å². The third-order valence-corrected chi connectivity index (χ3v) is 4.89. The average Bonchev–Trinajstić information content (AvgIpc) is 2.77. The van der Waals surface area contributed by atoms with Crippen molar-refractivity contribution in [3.05, 3.63) is 58.4 Å². The molecule has 1 aromatic rings. The van der Waals surface area contributed by atoms with Crippen LogP contribution < -0.4 is 10.1 Å². The fourth-order valence-electron chi connectivity index (χ4n) is 3.37. The summed E-state index contributed by atoms with van der Waals surface area (Å²) in [5, 5.41) is 3.11. The summed E-state index contributed by atoms with van der Waals surface area (Å²) in [4.78, 5) is 25.9. The number of nitrogens with one attached hydrogen (secondary N) is 1. The highest BCUT2D eigenvalue weighted by Gasteiger charge is 2.35. The molecule has 1 aromatic carbocycles. The van der Waals surface area contributed by atoms with Crippen LogP contribution in [0.15, 0.2) is 52.9 Å². The maximum atomic E-state index is 12.9.